The molecule has 0 spiro atoms. The average Bonchev–Trinajstić information content (AvgIpc) is 3.41. The fourth-order valence-corrected chi connectivity index (χ4v) is 9.39. The van der Waals surface area contributed by atoms with Gasteiger partial charge in [0, 0.05) is 19.3 Å². The first-order valence-corrected chi connectivity index (χ1v) is 32.4. The number of hydrogen-bond donors (Lipinski definition) is 0. The highest BCUT2D eigenvalue weighted by Crippen LogP contribution is 2.17. The Balaban J connectivity index is 4.26. The number of carbonyl (C=O) groups is 3. The smallest absolute Gasteiger partial charge is 0.306 e. The molecule has 0 N–H and O–H groups in total. The number of carbonyl (C=O) groups excluding carboxylic acids is 3. The van der Waals surface area contributed by atoms with Gasteiger partial charge >= 0.3 is 17.9 Å². The maximum atomic E-state index is 12.9. The van der Waals surface area contributed by atoms with Crippen molar-refractivity contribution >= 4 is 17.9 Å². The molecule has 0 aromatic rings. The van der Waals surface area contributed by atoms with Crippen LogP contribution in [0.3, 0.4) is 0 Å². The van der Waals surface area contributed by atoms with Gasteiger partial charge in [0.25, 0.3) is 0 Å². The summed E-state index contributed by atoms with van der Waals surface area (Å²) in [5, 5.41) is 0. The number of rotatable bonds is 59. The van der Waals surface area contributed by atoms with Gasteiger partial charge in [0.15, 0.2) is 6.10 Å². The van der Waals surface area contributed by atoms with Crippen LogP contribution < -0.4 is 0 Å². The molecule has 0 saturated heterocycles. The molecule has 0 aromatic carbocycles. The van der Waals surface area contributed by atoms with E-state index < -0.39 is 6.10 Å². The van der Waals surface area contributed by atoms with Crippen LogP contribution in [0, 0.1) is 0 Å². The molecule has 0 radical (unpaired) electrons. The molecule has 1 atom stereocenters. The Kier molecular flexibility index (Phi) is 60.7. The molecule has 0 fully saturated rings. The third-order valence-electron chi connectivity index (χ3n) is 14.2. The zero-order valence-corrected chi connectivity index (χ0v) is 49.8. The fraction of sp³-hybridized carbons (Fsp3) is 0.783. The van der Waals surface area contributed by atoms with E-state index in [2.05, 4.69) is 93.7 Å². The van der Waals surface area contributed by atoms with E-state index in [4.69, 9.17) is 14.2 Å². The van der Waals surface area contributed by atoms with Crippen LogP contribution in [0.5, 0.6) is 0 Å². The van der Waals surface area contributed by atoms with E-state index in [0.717, 1.165) is 89.9 Å². The second-order valence-electron chi connectivity index (χ2n) is 21.7. The van der Waals surface area contributed by atoms with E-state index in [0.29, 0.717) is 19.3 Å². The quantitative estimate of drug-likeness (QED) is 0.0261. The largest absolute Gasteiger partial charge is 0.462 e. The standard InChI is InChI=1S/C69H122O6/c1-4-7-10-13-16-19-22-24-26-28-30-32-33-34-35-36-38-39-41-43-45-47-50-53-56-59-62-68(71)74-65-66(64-73-67(70)61-58-55-52-49-21-18-15-12-9-6-3)75-69(72)63-60-57-54-51-48-46-44-42-40-37-31-29-27-25-23-20-17-14-11-8-5-2/h8,11,17,20,25,27,31,37,42,44,48,51,66H,4-7,9-10,12-16,18-19,21-24,26,28-30,32-36,38-41,43,45-47,49-50,52-65H2,1-3H3/b11-8-,20-17-,27-25-,37-31-,44-42-,51-48-. The van der Waals surface area contributed by atoms with E-state index in [1.807, 2.05) is 0 Å². The lowest BCUT2D eigenvalue weighted by Gasteiger charge is -2.18. The SMILES string of the molecule is CC/C=C\C/C=C\C/C=C\C/C=C\C/C=C\C/C=C\CCCCC(=O)OC(COC(=O)CCCCCCCCCCCC)COC(=O)CCCCCCCCCCCCCCCCCCCCCCCCCCCC. The molecule has 0 amide bonds. The first kappa shape index (κ1) is 71.8. The highest BCUT2D eigenvalue weighted by atomic mass is 16.6. The van der Waals surface area contributed by atoms with Gasteiger partial charge < -0.3 is 14.2 Å². The summed E-state index contributed by atoms with van der Waals surface area (Å²) in [6.07, 6.45) is 82.2. The van der Waals surface area contributed by atoms with Crippen molar-refractivity contribution in [2.45, 2.75) is 335 Å². The minimum atomic E-state index is -0.796. The van der Waals surface area contributed by atoms with Gasteiger partial charge in [0.05, 0.1) is 0 Å². The minimum absolute atomic E-state index is 0.0892. The molecule has 0 aliphatic rings. The molecule has 0 saturated carbocycles. The number of unbranched alkanes of at least 4 members (excludes halogenated alkanes) is 36. The molecule has 1 unspecified atom stereocenters. The summed E-state index contributed by atoms with van der Waals surface area (Å²) in [5.74, 6) is -0.919. The van der Waals surface area contributed by atoms with Crippen molar-refractivity contribution in [3.05, 3.63) is 72.9 Å². The zero-order chi connectivity index (χ0) is 54.3. The Morgan fingerprint density at radius 1 is 0.280 bits per heavy atom. The van der Waals surface area contributed by atoms with Crippen molar-refractivity contribution in [2.75, 3.05) is 13.2 Å². The van der Waals surface area contributed by atoms with Gasteiger partial charge in [-0.2, -0.15) is 0 Å². The molecule has 0 rings (SSSR count). The van der Waals surface area contributed by atoms with Crippen LogP contribution in [0.25, 0.3) is 0 Å². The third kappa shape index (κ3) is 61.6. The normalized spacial score (nSPS) is 12.5. The minimum Gasteiger partial charge on any atom is -0.462 e. The van der Waals surface area contributed by atoms with Crippen molar-refractivity contribution < 1.29 is 28.6 Å². The number of allylic oxidation sites excluding steroid dienone is 12. The lowest BCUT2D eigenvalue weighted by Crippen LogP contribution is -2.30. The molecular weight excluding hydrogens is 925 g/mol. The van der Waals surface area contributed by atoms with Crippen LogP contribution in [0.2, 0.25) is 0 Å². The molecule has 0 aliphatic carbocycles. The van der Waals surface area contributed by atoms with Gasteiger partial charge in [-0.05, 0) is 70.6 Å². The van der Waals surface area contributed by atoms with Crippen LogP contribution in [0.1, 0.15) is 329 Å². The van der Waals surface area contributed by atoms with Crippen molar-refractivity contribution in [2.24, 2.45) is 0 Å². The van der Waals surface area contributed by atoms with E-state index in [-0.39, 0.29) is 37.5 Å². The van der Waals surface area contributed by atoms with Crippen molar-refractivity contribution in [3.63, 3.8) is 0 Å². The monoisotopic (exact) mass is 1050 g/mol. The maximum absolute atomic E-state index is 12.9. The summed E-state index contributed by atoms with van der Waals surface area (Å²) in [7, 11) is 0. The Labute approximate surface area is 465 Å². The van der Waals surface area contributed by atoms with Gasteiger partial charge in [-0.25, -0.2) is 0 Å². The lowest BCUT2D eigenvalue weighted by molar-refractivity contribution is -0.167. The summed E-state index contributed by atoms with van der Waals surface area (Å²) in [6, 6.07) is 0. The summed E-state index contributed by atoms with van der Waals surface area (Å²) < 4.78 is 16.9. The second kappa shape index (κ2) is 63.4. The van der Waals surface area contributed by atoms with Gasteiger partial charge in [-0.15, -0.1) is 0 Å². The van der Waals surface area contributed by atoms with Gasteiger partial charge in [0.1, 0.15) is 13.2 Å². The maximum Gasteiger partial charge on any atom is 0.306 e. The molecule has 0 aliphatic heterocycles. The zero-order valence-electron chi connectivity index (χ0n) is 49.8. The summed E-state index contributed by atoms with van der Waals surface area (Å²) in [5.41, 5.74) is 0. The van der Waals surface area contributed by atoms with Crippen molar-refractivity contribution in [3.8, 4) is 0 Å². The van der Waals surface area contributed by atoms with E-state index in [1.54, 1.807) is 0 Å². The lowest BCUT2D eigenvalue weighted by atomic mass is 10.0. The van der Waals surface area contributed by atoms with Crippen LogP contribution in [0.15, 0.2) is 72.9 Å². The van der Waals surface area contributed by atoms with E-state index in [1.165, 1.54) is 193 Å². The topological polar surface area (TPSA) is 78.9 Å². The molecule has 6 nitrogen and oxygen atoms in total. The highest BCUT2D eigenvalue weighted by molar-refractivity contribution is 5.71. The average molecular weight is 1050 g/mol. The Morgan fingerprint density at radius 3 is 0.813 bits per heavy atom. The van der Waals surface area contributed by atoms with Crippen LogP contribution in [0.4, 0.5) is 0 Å². The predicted molar refractivity (Wildman–Crippen MR) is 325 cm³/mol. The first-order chi connectivity index (χ1) is 37.0. The molecule has 75 heavy (non-hydrogen) atoms. The van der Waals surface area contributed by atoms with Crippen LogP contribution in [-0.4, -0.2) is 37.2 Å². The van der Waals surface area contributed by atoms with Gasteiger partial charge in [-0.1, -0.05) is 312 Å². The highest BCUT2D eigenvalue weighted by Gasteiger charge is 2.19. The molecule has 0 heterocycles. The predicted octanol–water partition coefficient (Wildman–Crippen LogP) is 22.1. The third-order valence-corrected chi connectivity index (χ3v) is 14.2. The van der Waals surface area contributed by atoms with Crippen LogP contribution in [-0.2, 0) is 28.6 Å². The van der Waals surface area contributed by atoms with Crippen molar-refractivity contribution in [1.82, 2.24) is 0 Å². The number of esters is 3. The molecular formula is C69H122O6. The van der Waals surface area contributed by atoms with E-state index >= 15 is 0 Å². The van der Waals surface area contributed by atoms with E-state index in [9.17, 15) is 14.4 Å². The Bertz CT molecular complexity index is 1390. The van der Waals surface area contributed by atoms with Crippen LogP contribution >= 0.6 is 0 Å². The van der Waals surface area contributed by atoms with Gasteiger partial charge in [0.2, 0.25) is 0 Å². The summed E-state index contributed by atoms with van der Waals surface area (Å²) in [4.78, 5) is 38.2. The molecule has 0 bridgehead atoms. The Hall–Kier alpha value is -3.15. The molecule has 434 valence electrons. The number of hydrogen-bond acceptors (Lipinski definition) is 6. The molecule has 0 aromatic heterocycles. The summed E-state index contributed by atoms with van der Waals surface area (Å²) in [6.45, 7) is 6.52. The second-order valence-corrected chi connectivity index (χ2v) is 21.7. The van der Waals surface area contributed by atoms with Gasteiger partial charge in [-0.3, -0.25) is 14.4 Å². The van der Waals surface area contributed by atoms with Crippen molar-refractivity contribution in [1.29, 1.82) is 0 Å². The Morgan fingerprint density at radius 2 is 0.520 bits per heavy atom. The first-order valence-electron chi connectivity index (χ1n) is 32.4. The summed E-state index contributed by atoms with van der Waals surface area (Å²) >= 11 is 0. The molecule has 6 heteroatoms. The fourth-order valence-electron chi connectivity index (χ4n) is 9.39. The number of ether oxygens (including phenoxy) is 3.